The summed E-state index contributed by atoms with van der Waals surface area (Å²) < 4.78 is 55.6. The summed E-state index contributed by atoms with van der Waals surface area (Å²) in [6, 6.07) is 7.67. The first-order valence-corrected chi connectivity index (χ1v) is 10.6. The number of amides is 2. The second-order valence-corrected chi connectivity index (χ2v) is 8.38. The van der Waals surface area contributed by atoms with Gasteiger partial charge in [-0.1, -0.05) is 32.0 Å². The lowest BCUT2D eigenvalue weighted by Crippen LogP contribution is -2.53. The van der Waals surface area contributed by atoms with Crippen LogP contribution >= 0.6 is 0 Å². The van der Waals surface area contributed by atoms with Crippen LogP contribution in [-0.4, -0.2) is 41.9 Å². The monoisotopic (exact) mass is 492 g/mol. The molecule has 2 amide bonds. The fourth-order valence-electron chi connectivity index (χ4n) is 4.12. The Morgan fingerprint density at radius 1 is 1.26 bits per heavy atom. The Kier molecular flexibility index (Phi) is 7.47. The third-order valence-corrected chi connectivity index (χ3v) is 5.36. The van der Waals surface area contributed by atoms with Crippen LogP contribution in [-0.2, 0) is 4.79 Å². The summed E-state index contributed by atoms with van der Waals surface area (Å²) in [5, 5.41) is 10.2. The van der Waals surface area contributed by atoms with Crippen molar-refractivity contribution in [2.75, 3.05) is 11.9 Å². The normalized spacial score (nSPS) is 18.3. The third kappa shape index (κ3) is 5.79. The maximum atomic E-state index is 14.0. The molecule has 1 heterocycles. The van der Waals surface area contributed by atoms with Crippen molar-refractivity contribution in [2.24, 2.45) is 11.7 Å². The molecule has 1 aliphatic rings. The average molecular weight is 492 g/mol. The van der Waals surface area contributed by atoms with E-state index in [0.717, 1.165) is 24.5 Å². The molecule has 3 rings (SSSR count). The average Bonchev–Trinajstić information content (AvgIpc) is 2.75. The fraction of sp³-hybridized carbons (Fsp3) is 0.292. The second kappa shape index (κ2) is 10.2. The Labute approximate surface area is 199 Å². The minimum atomic E-state index is -5.05. The van der Waals surface area contributed by atoms with Gasteiger partial charge in [0.1, 0.15) is 11.6 Å². The van der Waals surface area contributed by atoms with E-state index in [1.54, 1.807) is 24.3 Å². The van der Waals surface area contributed by atoms with Gasteiger partial charge in [0.2, 0.25) is 5.91 Å². The molecule has 2 atom stereocenters. The van der Waals surface area contributed by atoms with Crippen LogP contribution in [0.15, 0.2) is 54.2 Å². The number of nitrogens with zero attached hydrogens (tertiary/aromatic N) is 1. The van der Waals surface area contributed by atoms with Crippen molar-refractivity contribution in [2.45, 2.75) is 32.2 Å². The number of rotatable bonds is 7. The summed E-state index contributed by atoms with van der Waals surface area (Å²) in [4.78, 5) is 28.3. The van der Waals surface area contributed by atoms with Gasteiger partial charge in [-0.15, -0.1) is 13.2 Å². The lowest BCUT2D eigenvalue weighted by Gasteiger charge is -2.42. The molecule has 0 spiro atoms. The van der Waals surface area contributed by atoms with Gasteiger partial charge in [0.25, 0.3) is 5.91 Å². The molecule has 0 aliphatic carbocycles. The van der Waals surface area contributed by atoms with E-state index in [1.807, 2.05) is 13.8 Å². The van der Waals surface area contributed by atoms with Crippen LogP contribution < -0.4 is 15.8 Å². The van der Waals surface area contributed by atoms with Gasteiger partial charge in [-0.25, -0.2) is 4.39 Å². The molecule has 1 aliphatic heterocycles. The molecule has 186 valence electrons. The van der Waals surface area contributed by atoms with Crippen molar-refractivity contribution < 1.29 is 31.9 Å². The molecule has 1 unspecified atom stereocenters. The van der Waals surface area contributed by atoms with Gasteiger partial charge >= 0.3 is 6.36 Å². The van der Waals surface area contributed by atoms with Gasteiger partial charge in [0.05, 0.1) is 12.0 Å². The van der Waals surface area contributed by atoms with Gasteiger partial charge in [-0.3, -0.25) is 9.59 Å². The number of ether oxygens (including phenoxy) is 1. The molecule has 2 aromatic rings. The van der Waals surface area contributed by atoms with Crippen LogP contribution in [0.1, 0.15) is 35.7 Å². The number of nitrogens with two attached hydrogens (primary N) is 1. The van der Waals surface area contributed by atoms with Gasteiger partial charge in [0.15, 0.2) is 0 Å². The van der Waals surface area contributed by atoms with Crippen molar-refractivity contribution in [1.82, 2.24) is 4.90 Å². The zero-order valence-electron chi connectivity index (χ0n) is 18.9. The zero-order chi connectivity index (χ0) is 25.9. The molecule has 2 aromatic carbocycles. The van der Waals surface area contributed by atoms with Crippen LogP contribution in [0.4, 0.5) is 23.2 Å². The summed E-state index contributed by atoms with van der Waals surface area (Å²) in [5.41, 5.74) is 6.27. The van der Waals surface area contributed by atoms with E-state index < -0.39 is 35.8 Å². The van der Waals surface area contributed by atoms with Crippen molar-refractivity contribution in [3.05, 3.63) is 71.2 Å². The highest BCUT2D eigenvalue weighted by molar-refractivity contribution is 6.05. The van der Waals surface area contributed by atoms with Crippen LogP contribution in [0.5, 0.6) is 5.75 Å². The highest BCUT2D eigenvalue weighted by Gasteiger charge is 2.44. The zero-order valence-corrected chi connectivity index (χ0v) is 18.9. The summed E-state index contributed by atoms with van der Waals surface area (Å²) >= 11 is 0. The number of anilines is 1. The SMILES string of the molecule is CC(C)CN1C(=O)c2ccccc2[C@@H](C(=O)Nc2cc(F)cc(OC(F)(F)F)c2)C1/C(C=N)=C/N. The minimum Gasteiger partial charge on any atom is -0.406 e. The first kappa shape index (κ1) is 25.7. The maximum Gasteiger partial charge on any atom is 0.573 e. The van der Waals surface area contributed by atoms with Crippen LogP contribution in [0.25, 0.3) is 0 Å². The molecule has 11 heteroatoms. The molecule has 0 bridgehead atoms. The molecule has 0 fully saturated rings. The number of alkyl halides is 3. The van der Waals surface area contributed by atoms with Gasteiger partial charge in [-0.05, 0) is 23.6 Å². The molecular weight excluding hydrogens is 468 g/mol. The number of nitrogens with one attached hydrogen (secondary N) is 2. The van der Waals surface area contributed by atoms with Crippen molar-refractivity contribution in [3.63, 3.8) is 0 Å². The van der Waals surface area contributed by atoms with Gasteiger partial charge < -0.3 is 26.1 Å². The largest absolute Gasteiger partial charge is 0.573 e. The lowest BCUT2D eigenvalue weighted by atomic mass is 9.79. The molecule has 0 saturated heterocycles. The lowest BCUT2D eigenvalue weighted by molar-refractivity contribution is -0.274. The van der Waals surface area contributed by atoms with Crippen molar-refractivity contribution in [1.29, 1.82) is 5.41 Å². The Morgan fingerprint density at radius 3 is 2.54 bits per heavy atom. The number of fused-ring (bicyclic) bond motifs is 1. The Bertz CT molecular complexity index is 1160. The summed E-state index contributed by atoms with van der Waals surface area (Å²) in [5.74, 6) is -4.06. The smallest absolute Gasteiger partial charge is 0.406 e. The van der Waals surface area contributed by atoms with E-state index in [1.165, 1.54) is 4.90 Å². The van der Waals surface area contributed by atoms with E-state index in [0.29, 0.717) is 11.6 Å². The molecule has 0 radical (unpaired) electrons. The Hall–Kier alpha value is -3.89. The van der Waals surface area contributed by atoms with Crippen molar-refractivity contribution >= 4 is 23.7 Å². The number of hydrogen-bond donors (Lipinski definition) is 3. The van der Waals surface area contributed by atoms with Crippen LogP contribution in [0.2, 0.25) is 0 Å². The molecule has 35 heavy (non-hydrogen) atoms. The van der Waals surface area contributed by atoms with E-state index in [2.05, 4.69) is 10.1 Å². The van der Waals surface area contributed by atoms with Crippen LogP contribution in [0, 0.1) is 17.1 Å². The molecule has 7 nitrogen and oxygen atoms in total. The quantitative estimate of drug-likeness (QED) is 0.393. The number of carbonyl (C=O) groups excluding carboxylic acids is 2. The predicted octanol–water partition coefficient (Wildman–Crippen LogP) is 4.42. The third-order valence-electron chi connectivity index (χ3n) is 5.36. The number of hydrogen-bond acceptors (Lipinski definition) is 5. The van der Waals surface area contributed by atoms with Gasteiger partial charge in [-0.2, -0.15) is 0 Å². The van der Waals surface area contributed by atoms with E-state index in [-0.39, 0.29) is 35.2 Å². The highest BCUT2D eigenvalue weighted by Crippen LogP contribution is 2.38. The number of halogens is 4. The Balaban J connectivity index is 2.09. The summed E-state index contributed by atoms with van der Waals surface area (Å²) in [7, 11) is 0. The topological polar surface area (TPSA) is 109 Å². The van der Waals surface area contributed by atoms with E-state index in [9.17, 15) is 27.2 Å². The van der Waals surface area contributed by atoms with E-state index >= 15 is 0 Å². The predicted molar refractivity (Wildman–Crippen MR) is 122 cm³/mol. The first-order chi connectivity index (χ1) is 16.4. The fourth-order valence-corrected chi connectivity index (χ4v) is 4.12. The van der Waals surface area contributed by atoms with Crippen LogP contribution in [0.3, 0.4) is 0 Å². The second-order valence-electron chi connectivity index (χ2n) is 8.38. The van der Waals surface area contributed by atoms with Crippen molar-refractivity contribution in [3.8, 4) is 5.75 Å². The Morgan fingerprint density at radius 2 is 1.94 bits per heavy atom. The molecular formula is C24H24F4N4O3. The van der Waals surface area contributed by atoms with E-state index in [4.69, 9.17) is 11.1 Å². The summed E-state index contributed by atoms with van der Waals surface area (Å²) in [6.07, 6.45) is -2.98. The minimum absolute atomic E-state index is 0.00507. The highest BCUT2D eigenvalue weighted by atomic mass is 19.4. The number of benzene rings is 2. The molecule has 0 aromatic heterocycles. The first-order valence-electron chi connectivity index (χ1n) is 10.6. The van der Waals surface area contributed by atoms with Gasteiger partial charge in [0, 0.05) is 47.9 Å². The molecule has 0 saturated carbocycles. The number of carbonyl (C=O) groups is 2. The molecule has 4 N–H and O–H groups in total. The maximum absolute atomic E-state index is 14.0. The standard InChI is InChI=1S/C24H24F4N4O3/c1-13(2)12-32-21(14(10-29)11-30)20(18-5-3-4-6-19(18)23(32)34)22(33)31-16-7-15(25)8-17(9-16)35-24(26,27)28/h3-11,13,20-21,29H,12,30H2,1-2H3,(H,31,33)/b14-11+,29-10?/t20-,21?/m1/s1. The summed E-state index contributed by atoms with van der Waals surface area (Å²) in [6.45, 7) is 4.01.